The Bertz CT molecular complexity index is 154. The quantitative estimate of drug-likeness (QED) is 0.527. The summed E-state index contributed by atoms with van der Waals surface area (Å²) in [6.07, 6.45) is 3.47. The maximum absolute atomic E-state index is 5.50. The molecule has 0 saturated heterocycles. The van der Waals surface area contributed by atoms with Crippen LogP contribution in [0.2, 0.25) is 0 Å². The highest BCUT2D eigenvalue weighted by atomic mass is 35.5. The number of nitrogens with zero attached hydrogens (tertiary/aromatic N) is 1. The van der Waals surface area contributed by atoms with E-state index in [0.29, 0.717) is 5.88 Å². The summed E-state index contributed by atoms with van der Waals surface area (Å²) in [7, 11) is 0. The smallest absolute Gasteiger partial charge is 0.265 e. The monoisotopic (exact) mass is 128 g/mol. The SMILES string of the molecule is ClCc1ccncc1.[H+]. The highest BCUT2D eigenvalue weighted by Crippen LogP contribution is 1.98. The lowest BCUT2D eigenvalue weighted by molar-refractivity contribution is 1.27. The molecule has 1 nitrogen and oxygen atoms in total. The molecule has 1 aromatic heterocycles. The molecule has 0 aliphatic carbocycles. The summed E-state index contributed by atoms with van der Waals surface area (Å²) in [5.41, 5.74) is 1.11. The third-order valence-corrected chi connectivity index (χ3v) is 1.21. The van der Waals surface area contributed by atoms with Crippen LogP contribution in [0.1, 0.15) is 6.99 Å². The highest BCUT2D eigenvalue weighted by molar-refractivity contribution is 6.17. The lowest BCUT2D eigenvalue weighted by atomic mass is 10.3. The van der Waals surface area contributed by atoms with Crippen molar-refractivity contribution in [3.63, 3.8) is 0 Å². The van der Waals surface area contributed by atoms with Crippen LogP contribution < -0.4 is 0 Å². The van der Waals surface area contributed by atoms with E-state index in [4.69, 9.17) is 11.6 Å². The van der Waals surface area contributed by atoms with Crippen molar-refractivity contribution in [1.29, 1.82) is 0 Å². The number of hydrogen-bond donors (Lipinski definition) is 0. The Morgan fingerprint density at radius 3 is 2.50 bits per heavy atom. The Kier molecular flexibility index (Phi) is 1.86. The van der Waals surface area contributed by atoms with Crippen LogP contribution in [-0.4, -0.2) is 4.98 Å². The molecule has 42 valence electrons. The fourth-order valence-electron chi connectivity index (χ4n) is 0.472. The minimum Gasteiger partial charge on any atom is -0.265 e. The highest BCUT2D eigenvalue weighted by Gasteiger charge is 1.82. The molecule has 0 bridgehead atoms. The minimum atomic E-state index is 0. The lowest BCUT2D eigenvalue weighted by Gasteiger charge is -1.87. The molecule has 0 unspecified atom stereocenters. The molecule has 0 atom stereocenters. The molecule has 0 saturated carbocycles. The number of alkyl halides is 1. The number of pyridine rings is 1. The number of hydrogen-bond acceptors (Lipinski definition) is 1. The fraction of sp³-hybridized carbons (Fsp3) is 0.167. The third-order valence-electron chi connectivity index (χ3n) is 0.904. The van der Waals surface area contributed by atoms with Crippen LogP contribution in [0.4, 0.5) is 0 Å². The van der Waals surface area contributed by atoms with Crippen LogP contribution in [0.3, 0.4) is 0 Å². The van der Waals surface area contributed by atoms with Crippen LogP contribution in [0.25, 0.3) is 0 Å². The summed E-state index contributed by atoms with van der Waals surface area (Å²) in [4.78, 5) is 3.83. The average molecular weight is 129 g/mol. The van der Waals surface area contributed by atoms with Gasteiger partial charge in [0.25, 0.3) is 0 Å². The maximum Gasteiger partial charge on any atom is 1.00 e. The van der Waals surface area contributed by atoms with Crippen molar-refractivity contribution in [2.45, 2.75) is 5.88 Å². The van der Waals surface area contributed by atoms with Gasteiger partial charge in [0.1, 0.15) is 0 Å². The normalized spacial score (nSPS) is 9.12. The molecular formula is C6H7ClN+. The molecule has 1 aromatic rings. The molecule has 0 radical (unpaired) electrons. The van der Waals surface area contributed by atoms with Crippen molar-refractivity contribution in [3.05, 3.63) is 30.1 Å². The summed E-state index contributed by atoms with van der Waals surface area (Å²) >= 11 is 5.50. The Balaban J connectivity index is 0.000000640. The van der Waals surface area contributed by atoms with Gasteiger partial charge in [-0.25, -0.2) is 0 Å². The van der Waals surface area contributed by atoms with E-state index in [9.17, 15) is 0 Å². The van der Waals surface area contributed by atoms with Crippen LogP contribution in [-0.2, 0) is 5.88 Å². The standard InChI is InChI=1S/C6H6ClN/c7-5-6-1-3-8-4-2-6/h1-4H,5H2/p+1. The zero-order valence-electron chi connectivity index (χ0n) is 5.34. The first kappa shape index (κ1) is 5.57. The minimum absolute atomic E-state index is 0. The van der Waals surface area contributed by atoms with E-state index < -0.39 is 0 Å². The zero-order chi connectivity index (χ0) is 5.82. The molecule has 1 heterocycles. The second-order valence-electron chi connectivity index (χ2n) is 1.49. The second kappa shape index (κ2) is 2.68. The summed E-state index contributed by atoms with van der Waals surface area (Å²) in [5, 5.41) is 0. The number of aromatic nitrogens is 1. The second-order valence-corrected chi connectivity index (χ2v) is 1.76. The van der Waals surface area contributed by atoms with Crippen LogP contribution in [0.5, 0.6) is 0 Å². The van der Waals surface area contributed by atoms with Gasteiger partial charge in [0, 0.05) is 18.3 Å². The van der Waals surface area contributed by atoms with Gasteiger partial charge in [-0.2, -0.15) is 0 Å². The first-order valence-corrected chi connectivity index (χ1v) is 2.92. The van der Waals surface area contributed by atoms with E-state index in [1.165, 1.54) is 0 Å². The molecule has 0 amide bonds. The summed E-state index contributed by atoms with van der Waals surface area (Å²) in [6, 6.07) is 3.79. The molecular weight excluding hydrogens is 122 g/mol. The Labute approximate surface area is 54.8 Å². The molecule has 0 aliphatic heterocycles. The predicted molar refractivity (Wildman–Crippen MR) is 34.9 cm³/mol. The predicted octanol–water partition coefficient (Wildman–Crippen LogP) is 1.93. The average Bonchev–Trinajstić information content (AvgIpc) is 1.90. The molecule has 1 rings (SSSR count). The van der Waals surface area contributed by atoms with E-state index >= 15 is 0 Å². The Morgan fingerprint density at radius 2 is 2.12 bits per heavy atom. The van der Waals surface area contributed by atoms with Gasteiger partial charge in [-0.15, -0.1) is 11.6 Å². The fourth-order valence-corrected chi connectivity index (χ4v) is 0.650. The van der Waals surface area contributed by atoms with Gasteiger partial charge in [0.15, 0.2) is 0 Å². The molecule has 8 heavy (non-hydrogen) atoms. The molecule has 2 heteroatoms. The lowest BCUT2D eigenvalue weighted by Crippen LogP contribution is -1.74. The van der Waals surface area contributed by atoms with Gasteiger partial charge in [0.2, 0.25) is 0 Å². The Morgan fingerprint density at radius 1 is 1.50 bits per heavy atom. The summed E-state index contributed by atoms with van der Waals surface area (Å²) in [5.74, 6) is 0.572. The molecule has 0 spiro atoms. The van der Waals surface area contributed by atoms with Crippen molar-refractivity contribution in [3.8, 4) is 0 Å². The first-order chi connectivity index (χ1) is 3.93. The largest absolute Gasteiger partial charge is 1.00 e. The molecule has 0 aliphatic rings. The summed E-state index contributed by atoms with van der Waals surface area (Å²) < 4.78 is 0. The van der Waals surface area contributed by atoms with Gasteiger partial charge in [-0.3, -0.25) is 4.98 Å². The van der Waals surface area contributed by atoms with Crippen LogP contribution in [0.15, 0.2) is 24.5 Å². The van der Waals surface area contributed by atoms with Crippen molar-refractivity contribution >= 4 is 11.6 Å². The van der Waals surface area contributed by atoms with E-state index in [0.717, 1.165) is 5.56 Å². The van der Waals surface area contributed by atoms with Crippen molar-refractivity contribution < 1.29 is 1.43 Å². The van der Waals surface area contributed by atoms with E-state index in [1.54, 1.807) is 12.4 Å². The topological polar surface area (TPSA) is 12.9 Å². The van der Waals surface area contributed by atoms with Gasteiger partial charge in [0.05, 0.1) is 0 Å². The zero-order valence-corrected chi connectivity index (χ0v) is 5.10. The van der Waals surface area contributed by atoms with E-state index in [2.05, 4.69) is 4.98 Å². The van der Waals surface area contributed by atoms with Gasteiger partial charge < -0.3 is 0 Å². The summed E-state index contributed by atoms with van der Waals surface area (Å²) in [6.45, 7) is 0. The van der Waals surface area contributed by atoms with E-state index in [-0.39, 0.29) is 1.43 Å². The van der Waals surface area contributed by atoms with Crippen LogP contribution >= 0.6 is 11.6 Å². The van der Waals surface area contributed by atoms with Crippen LogP contribution in [0, 0.1) is 0 Å². The number of halogens is 1. The van der Waals surface area contributed by atoms with Crippen molar-refractivity contribution in [2.24, 2.45) is 0 Å². The van der Waals surface area contributed by atoms with Gasteiger partial charge in [-0.1, -0.05) is 0 Å². The Hall–Kier alpha value is -0.560. The van der Waals surface area contributed by atoms with Gasteiger partial charge >= 0.3 is 1.43 Å². The number of rotatable bonds is 1. The first-order valence-electron chi connectivity index (χ1n) is 2.38. The molecule has 0 aromatic carbocycles. The van der Waals surface area contributed by atoms with Crippen molar-refractivity contribution in [1.82, 2.24) is 4.98 Å². The maximum atomic E-state index is 5.50. The third kappa shape index (κ3) is 1.20. The van der Waals surface area contributed by atoms with Crippen molar-refractivity contribution in [2.75, 3.05) is 0 Å². The molecule has 0 N–H and O–H groups in total. The van der Waals surface area contributed by atoms with E-state index in [1.807, 2.05) is 12.1 Å². The van der Waals surface area contributed by atoms with Gasteiger partial charge in [-0.05, 0) is 17.7 Å². The molecule has 0 fully saturated rings.